The van der Waals surface area contributed by atoms with Crippen LogP contribution in [0.15, 0.2) is 54.6 Å². The average Bonchev–Trinajstić information content (AvgIpc) is 2.56. The van der Waals surface area contributed by atoms with Crippen LogP contribution in [0.5, 0.6) is 0 Å². The maximum atomic E-state index is 12.4. The summed E-state index contributed by atoms with van der Waals surface area (Å²) in [5.41, 5.74) is 2.35. The normalized spacial score (nSPS) is 16.0. The van der Waals surface area contributed by atoms with Crippen LogP contribution in [0, 0.1) is 0 Å². The largest absolute Gasteiger partial charge is 0.371 e. The molecule has 1 fully saturated rings. The molecule has 21 heavy (non-hydrogen) atoms. The van der Waals surface area contributed by atoms with Crippen LogP contribution in [0.3, 0.4) is 0 Å². The Morgan fingerprint density at radius 2 is 1.48 bits per heavy atom. The molecule has 0 unspecified atom stereocenters. The average molecular weight is 288 g/mol. The summed E-state index contributed by atoms with van der Waals surface area (Å²) < 4.78 is 24.8. The molecule has 0 N–H and O–H groups in total. The third-order valence-electron chi connectivity index (χ3n) is 4.18. The van der Waals surface area contributed by atoms with Crippen molar-refractivity contribution in [2.24, 2.45) is 0 Å². The third kappa shape index (κ3) is 3.15. The minimum absolute atomic E-state index is 0.0714. The van der Waals surface area contributed by atoms with Gasteiger partial charge in [0.25, 0.3) is 0 Å². The van der Waals surface area contributed by atoms with E-state index in [9.17, 15) is 8.96 Å². The molecule has 0 amide bonds. The highest BCUT2D eigenvalue weighted by Gasteiger charge is 2.20. The van der Waals surface area contributed by atoms with E-state index in [2.05, 4.69) is 29.2 Å². The number of benzene rings is 2. The highest BCUT2D eigenvalue weighted by atomic mass is 19.4. The molecule has 0 saturated carbocycles. The Morgan fingerprint density at radius 1 is 0.857 bits per heavy atom. The summed E-state index contributed by atoms with van der Waals surface area (Å²) >= 11 is 0. The van der Waals surface area contributed by atoms with E-state index >= 15 is 0 Å². The molecule has 2 nitrogen and oxygen atoms in total. The SMILES string of the molecule is FN(F)c1ccc(N2CCC(c3ccccc3)CC2)cc1. The van der Waals surface area contributed by atoms with E-state index in [1.165, 1.54) is 17.7 Å². The van der Waals surface area contributed by atoms with Crippen molar-refractivity contribution < 1.29 is 8.96 Å². The maximum Gasteiger partial charge on any atom is 0.105 e. The molecule has 0 aliphatic carbocycles. The van der Waals surface area contributed by atoms with Crippen molar-refractivity contribution in [3.05, 3.63) is 60.2 Å². The van der Waals surface area contributed by atoms with Crippen molar-refractivity contribution in [2.75, 3.05) is 23.3 Å². The lowest BCUT2D eigenvalue weighted by molar-refractivity contribution is 0.235. The number of rotatable bonds is 3. The second-order valence-corrected chi connectivity index (χ2v) is 5.42. The lowest BCUT2D eigenvalue weighted by Gasteiger charge is -2.34. The first kappa shape index (κ1) is 13.9. The zero-order valence-electron chi connectivity index (χ0n) is 11.8. The van der Waals surface area contributed by atoms with E-state index in [4.69, 9.17) is 0 Å². The van der Waals surface area contributed by atoms with Gasteiger partial charge in [-0.25, -0.2) is 0 Å². The Bertz CT molecular complexity index is 561. The van der Waals surface area contributed by atoms with Gasteiger partial charge in [-0.15, -0.1) is 0 Å². The van der Waals surface area contributed by atoms with Gasteiger partial charge in [0.1, 0.15) is 5.69 Å². The molecule has 1 saturated heterocycles. The minimum Gasteiger partial charge on any atom is -0.371 e. The van der Waals surface area contributed by atoms with Crippen LogP contribution < -0.4 is 10.2 Å². The summed E-state index contributed by atoms with van der Waals surface area (Å²) in [6.45, 7) is 1.93. The van der Waals surface area contributed by atoms with Crippen LogP contribution in [0.2, 0.25) is 0 Å². The van der Waals surface area contributed by atoms with Crippen LogP contribution in [0.4, 0.5) is 20.3 Å². The molecule has 0 aromatic heterocycles. The number of anilines is 2. The molecule has 3 rings (SSSR count). The number of halogens is 2. The fraction of sp³-hybridized carbons (Fsp3) is 0.294. The predicted octanol–water partition coefficient (Wildman–Crippen LogP) is 4.65. The second kappa shape index (κ2) is 6.12. The molecule has 0 spiro atoms. The van der Waals surface area contributed by atoms with E-state index in [-0.39, 0.29) is 5.69 Å². The lowest BCUT2D eigenvalue weighted by atomic mass is 9.89. The Morgan fingerprint density at radius 3 is 2.05 bits per heavy atom. The Kier molecular flexibility index (Phi) is 4.04. The molecule has 0 radical (unpaired) electrons. The Hall–Kier alpha value is -2.10. The van der Waals surface area contributed by atoms with Gasteiger partial charge in [-0.3, -0.25) is 0 Å². The van der Waals surface area contributed by atoms with Crippen molar-refractivity contribution in [1.29, 1.82) is 0 Å². The molecule has 0 atom stereocenters. The molecule has 2 aromatic rings. The van der Waals surface area contributed by atoms with Crippen LogP contribution in [0.1, 0.15) is 24.3 Å². The molecular formula is C17H18F2N2. The summed E-state index contributed by atoms with van der Waals surface area (Å²) in [6.07, 6.45) is 2.20. The minimum atomic E-state index is -0.856. The topological polar surface area (TPSA) is 6.48 Å². The van der Waals surface area contributed by atoms with Crippen molar-refractivity contribution in [3.63, 3.8) is 0 Å². The third-order valence-corrected chi connectivity index (χ3v) is 4.18. The first-order valence-corrected chi connectivity index (χ1v) is 7.25. The molecule has 1 heterocycles. The van der Waals surface area contributed by atoms with E-state index in [1.807, 2.05) is 6.07 Å². The predicted molar refractivity (Wildman–Crippen MR) is 81.8 cm³/mol. The van der Waals surface area contributed by atoms with Crippen LogP contribution in [0.25, 0.3) is 0 Å². The lowest BCUT2D eigenvalue weighted by Crippen LogP contribution is -2.32. The summed E-state index contributed by atoms with van der Waals surface area (Å²) in [7, 11) is 0. The summed E-state index contributed by atoms with van der Waals surface area (Å²) in [4.78, 5) is 2.27. The molecular weight excluding hydrogens is 270 g/mol. The Labute approximate surface area is 123 Å². The van der Waals surface area contributed by atoms with Crippen molar-refractivity contribution in [3.8, 4) is 0 Å². The molecule has 1 aliphatic rings. The maximum absolute atomic E-state index is 12.4. The Balaban J connectivity index is 1.63. The monoisotopic (exact) mass is 288 g/mol. The molecule has 0 bridgehead atoms. The van der Waals surface area contributed by atoms with E-state index in [0.717, 1.165) is 31.6 Å². The molecule has 4 heteroatoms. The van der Waals surface area contributed by atoms with Gasteiger partial charge in [-0.05, 0) is 53.9 Å². The van der Waals surface area contributed by atoms with E-state index in [1.54, 1.807) is 12.1 Å². The second-order valence-electron chi connectivity index (χ2n) is 5.42. The van der Waals surface area contributed by atoms with Gasteiger partial charge in [-0.2, -0.15) is 0 Å². The highest BCUT2D eigenvalue weighted by molar-refractivity contribution is 5.54. The molecule has 110 valence electrons. The van der Waals surface area contributed by atoms with Crippen LogP contribution in [-0.4, -0.2) is 13.1 Å². The number of hydrogen-bond donors (Lipinski definition) is 0. The van der Waals surface area contributed by atoms with E-state index < -0.39 is 5.34 Å². The molecule has 1 aliphatic heterocycles. The fourth-order valence-corrected chi connectivity index (χ4v) is 2.97. The van der Waals surface area contributed by atoms with Gasteiger partial charge in [0.05, 0.1) is 0 Å². The highest BCUT2D eigenvalue weighted by Crippen LogP contribution is 2.31. The van der Waals surface area contributed by atoms with Gasteiger partial charge in [-0.1, -0.05) is 39.3 Å². The van der Waals surface area contributed by atoms with Gasteiger partial charge in [0, 0.05) is 18.8 Å². The number of nitrogens with zero attached hydrogens (tertiary/aromatic N) is 2. The first-order valence-electron chi connectivity index (χ1n) is 7.25. The van der Waals surface area contributed by atoms with Crippen molar-refractivity contribution >= 4 is 11.4 Å². The molecule has 2 aromatic carbocycles. The van der Waals surface area contributed by atoms with Crippen LogP contribution >= 0.6 is 0 Å². The van der Waals surface area contributed by atoms with Crippen molar-refractivity contribution in [2.45, 2.75) is 18.8 Å². The first-order chi connectivity index (χ1) is 10.2. The summed E-state index contributed by atoms with van der Waals surface area (Å²) in [5, 5.41) is -0.856. The number of hydrogen-bond acceptors (Lipinski definition) is 2. The smallest absolute Gasteiger partial charge is 0.105 e. The zero-order valence-corrected chi connectivity index (χ0v) is 11.8. The van der Waals surface area contributed by atoms with Gasteiger partial charge in [0.2, 0.25) is 0 Å². The number of piperidine rings is 1. The van der Waals surface area contributed by atoms with Gasteiger partial charge < -0.3 is 4.90 Å². The quantitative estimate of drug-likeness (QED) is 0.759. The van der Waals surface area contributed by atoms with Gasteiger partial charge in [0.15, 0.2) is 0 Å². The van der Waals surface area contributed by atoms with Crippen LogP contribution in [-0.2, 0) is 0 Å². The zero-order chi connectivity index (χ0) is 14.7. The summed E-state index contributed by atoms with van der Waals surface area (Å²) in [6, 6.07) is 17.0. The standard InChI is InChI=1S/C17H18F2N2/c18-21(19)17-8-6-16(7-9-17)20-12-10-15(11-13-20)14-4-2-1-3-5-14/h1-9,15H,10-13H2. The van der Waals surface area contributed by atoms with E-state index in [0.29, 0.717) is 5.92 Å². The fourth-order valence-electron chi connectivity index (χ4n) is 2.97. The van der Waals surface area contributed by atoms with Crippen molar-refractivity contribution in [1.82, 2.24) is 0 Å². The summed E-state index contributed by atoms with van der Waals surface area (Å²) in [5.74, 6) is 0.605. The van der Waals surface area contributed by atoms with Gasteiger partial charge >= 0.3 is 0 Å².